The molecule has 0 fully saturated rings. The fourth-order valence-corrected chi connectivity index (χ4v) is 5.41. The zero-order chi connectivity index (χ0) is 23.4. The molecule has 7 nitrogen and oxygen atoms in total. The normalized spacial score (nSPS) is 15.3. The Bertz CT molecular complexity index is 1250. The number of hydrogen-bond donors (Lipinski definition) is 1. The van der Waals surface area contributed by atoms with Crippen LogP contribution in [-0.4, -0.2) is 40.6 Å². The topological polar surface area (TPSA) is 84.9 Å². The number of sulfonamides is 1. The van der Waals surface area contributed by atoms with E-state index >= 15 is 0 Å². The average molecular weight is 487 g/mol. The number of anilines is 1. The summed E-state index contributed by atoms with van der Waals surface area (Å²) in [5.74, 6) is 0.303. The monoisotopic (exact) mass is 486 g/mol. The van der Waals surface area contributed by atoms with Gasteiger partial charge in [0.15, 0.2) is 6.10 Å². The molecule has 9 heteroatoms. The summed E-state index contributed by atoms with van der Waals surface area (Å²) >= 11 is 6.16. The molecular weight excluding hydrogens is 464 g/mol. The first kappa shape index (κ1) is 22.9. The highest BCUT2D eigenvalue weighted by Crippen LogP contribution is 2.38. The third kappa shape index (κ3) is 4.91. The number of fused-ring (bicyclic) bond motifs is 1. The average Bonchev–Trinajstić information content (AvgIpc) is 2.83. The molecule has 1 atom stereocenters. The lowest BCUT2D eigenvalue weighted by molar-refractivity contribution is -0.127. The second-order valence-corrected chi connectivity index (χ2v) is 9.70. The van der Waals surface area contributed by atoms with Crippen molar-refractivity contribution in [2.75, 3.05) is 24.5 Å². The number of hydrogen-bond acceptors (Lipinski definition) is 5. The second kappa shape index (κ2) is 9.72. The van der Waals surface area contributed by atoms with Gasteiger partial charge in [-0.05, 0) is 42.3 Å². The van der Waals surface area contributed by atoms with Crippen LogP contribution in [0.3, 0.4) is 0 Å². The van der Waals surface area contributed by atoms with Gasteiger partial charge >= 0.3 is 0 Å². The van der Waals surface area contributed by atoms with E-state index in [1.165, 1.54) is 29.6 Å². The molecule has 1 heterocycles. The molecule has 0 radical (unpaired) electrons. The highest BCUT2D eigenvalue weighted by molar-refractivity contribution is 7.92. The molecule has 3 aromatic rings. The molecule has 1 amide bonds. The Labute approximate surface area is 197 Å². The van der Waals surface area contributed by atoms with Crippen molar-refractivity contribution < 1.29 is 22.7 Å². The van der Waals surface area contributed by atoms with Crippen molar-refractivity contribution in [1.82, 2.24) is 5.32 Å². The van der Waals surface area contributed by atoms with Gasteiger partial charge in [-0.2, -0.15) is 0 Å². The zero-order valence-electron chi connectivity index (χ0n) is 17.9. The van der Waals surface area contributed by atoms with Crippen LogP contribution in [0.5, 0.6) is 11.5 Å². The summed E-state index contributed by atoms with van der Waals surface area (Å²) in [7, 11) is -2.57. The summed E-state index contributed by atoms with van der Waals surface area (Å²) < 4.78 is 39.2. The number of amides is 1. The maximum Gasteiger partial charge on any atom is 0.264 e. The van der Waals surface area contributed by atoms with E-state index in [0.717, 1.165) is 5.56 Å². The Kier molecular flexibility index (Phi) is 6.76. The van der Waals surface area contributed by atoms with Crippen LogP contribution in [0.15, 0.2) is 77.7 Å². The van der Waals surface area contributed by atoms with Gasteiger partial charge in [0.05, 0.1) is 29.3 Å². The SMILES string of the molecule is COc1ccc(S(=O)(=O)N2C[C@@H](C(=O)NCCc3ccccc3)Oc3ccccc32)cc1Cl. The largest absolute Gasteiger partial charge is 0.495 e. The summed E-state index contributed by atoms with van der Waals surface area (Å²) in [5, 5.41) is 3.02. The van der Waals surface area contributed by atoms with Crippen LogP contribution in [0, 0.1) is 0 Å². The fourth-order valence-electron chi connectivity index (χ4n) is 3.59. The number of benzene rings is 3. The minimum atomic E-state index is -4.02. The van der Waals surface area contributed by atoms with Crippen molar-refractivity contribution in [3.05, 3.63) is 83.4 Å². The van der Waals surface area contributed by atoms with Crippen LogP contribution in [0.4, 0.5) is 5.69 Å². The minimum Gasteiger partial charge on any atom is -0.495 e. The predicted octanol–water partition coefficient (Wildman–Crippen LogP) is 3.66. The Hall–Kier alpha value is -3.23. The number of methoxy groups -OCH3 is 1. The van der Waals surface area contributed by atoms with Crippen LogP contribution in [0.2, 0.25) is 5.02 Å². The lowest BCUT2D eigenvalue weighted by Crippen LogP contribution is -2.51. The van der Waals surface area contributed by atoms with Gasteiger partial charge in [0.2, 0.25) is 0 Å². The Morgan fingerprint density at radius 2 is 1.85 bits per heavy atom. The second-order valence-electron chi connectivity index (χ2n) is 7.43. The third-order valence-electron chi connectivity index (χ3n) is 5.29. The first-order valence-corrected chi connectivity index (χ1v) is 12.2. The van der Waals surface area contributed by atoms with E-state index in [-0.39, 0.29) is 22.4 Å². The smallest absolute Gasteiger partial charge is 0.264 e. The molecule has 0 bridgehead atoms. The molecule has 33 heavy (non-hydrogen) atoms. The van der Waals surface area contributed by atoms with Crippen molar-refractivity contribution in [3.63, 3.8) is 0 Å². The van der Waals surface area contributed by atoms with Crippen molar-refractivity contribution in [2.45, 2.75) is 17.4 Å². The maximum atomic E-state index is 13.5. The Morgan fingerprint density at radius 1 is 1.12 bits per heavy atom. The fraction of sp³-hybridized carbons (Fsp3) is 0.208. The van der Waals surface area contributed by atoms with Crippen LogP contribution in [0.25, 0.3) is 0 Å². The van der Waals surface area contributed by atoms with E-state index in [2.05, 4.69) is 5.32 Å². The standard InChI is InChI=1S/C24H23ClN2O5S/c1-31-21-12-11-18(15-19(21)25)33(29,30)27-16-23(32-22-10-6-5-9-20(22)27)24(28)26-14-13-17-7-3-2-4-8-17/h2-12,15,23H,13-14,16H2,1H3,(H,26,28)/t23-/m0/s1. The maximum absolute atomic E-state index is 13.5. The number of nitrogens with one attached hydrogen (secondary N) is 1. The number of ether oxygens (including phenoxy) is 2. The molecule has 0 spiro atoms. The van der Waals surface area contributed by atoms with Crippen molar-refractivity contribution in [2.24, 2.45) is 0 Å². The molecule has 0 saturated carbocycles. The van der Waals surface area contributed by atoms with Gasteiger partial charge in [-0.3, -0.25) is 9.10 Å². The first-order chi connectivity index (χ1) is 15.9. The van der Waals surface area contributed by atoms with Gasteiger partial charge in [-0.25, -0.2) is 8.42 Å². The van der Waals surface area contributed by atoms with Crippen molar-refractivity contribution in [3.8, 4) is 11.5 Å². The highest BCUT2D eigenvalue weighted by atomic mass is 35.5. The Balaban J connectivity index is 1.56. The molecule has 4 rings (SSSR count). The Morgan fingerprint density at radius 3 is 2.58 bits per heavy atom. The quantitative estimate of drug-likeness (QED) is 0.551. The molecule has 1 aliphatic heterocycles. The van der Waals surface area contributed by atoms with Gasteiger partial charge in [-0.15, -0.1) is 0 Å². The van der Waals surface area contributed by atoms with Crippen LogP contribution in [-0.2, 0) is 21.2 Å². The van der Waals surface area contributed by atoms with Crippen LogP contribution >= 0.6 is 11.6 Å². The summed E-state index contributed by atoms with van der Waals surface area (Å²) in [6.07, 6.45) is -0.346. The number of rotatable bonds is 7. The molecular formula is C24H23ClN2O5S. The lowest BCUT2D eigenvalue weighted by atomic mass is 10.1. The van der Waals surface area contributed by atoms with E-state index in [1.54, 1.807) is 24.3 Å². The number of para-hydroxylation sites is 2. The van der Waals surface area contributed by atoms with Crippen LogP contribution in [0.1, 0.15) is 5.56 Å². The van der Waals surface area contributed by atoms with E-state index < -0.39 is 16.1 Å². The zero-order valence-corrected chi connectivity index (χ0v) is 19.5. The van der Waals surface area contributed by atoms with E-state index in [0.29, 0.717) is 30.2 Å². The number of carbonyl (C=O) groups is 1. The molecule has 0 aliphatic carbocycles. The summed E-state index contributed by atoms with van der Waals surface area (Å²) in [6.45, 7) is 0.241. The van der Waals surface area contributed by atoms with E-state index in [1.807, 2.05) is 30.3 Å². The van der Waals surface area contributed by atoms with Gasteiger partial charge in [-0.1, -0.05) is 54.1 Å². The molecule has 0 unspecified atom stereocenters. The molecule has 3 aromatic carbocycles. The summed E-state index contributed by atoms with van der Waals surface area (Å²) in [5.41, 5.74) is 1.45. The molecule has 0 saturated heterocycles. The molecule has 0 aromatic heterocycles. The highest BCUT2D eigenvalue weighted by Gasteiger charge is 2.37. The van der Waals surface area contributed by atoms with Crippen molar-refractivity contribution in [1.29, 1.82) is 0 Å². The lowest BCUT2D eigenvalue weighted by Gasteiger charge is -2.34. The molecule has 1 aliphatic rings. The first-order valence-electron chi connectivity index (χ1n) is 10.3. The van der Waals surface area contributed by atoms with Gasteiger partial charge in [0.25, 0.3) is 15.9 Å². The number of nitrogens with zero attached hydrogens (tertiary/aromatic N) is 1. The van der Waals surface area contributed by atoms with E-state index in [9.17, 15) is 13.2 Å². The van der Waals surface area contributed by atoms with Gasteiger partial charge in [0.1, 0.15) is 11.5 Å². The number of carbonyl (C=O) groups excluding carboxylic acids is 1. The predicted molar refractivity (Wildman–Crippen MR) is 127 cm³/mol. The van der Waals surface area contributed by atoms with E-state index in [4.69, 9.17) is 21.1 Å². The minimum absolute atomic E-state index is 0.00626. The molecule has 172 valence electrons. The third-order valence-corrected chi connectivity index (χ3v) is 7.37. The summed E-state index contributed by atoms with van der Waals surface area (Å²) in [4.78, 5) is 12.8. The summed E-state index contributed by atoms with van der Waals surface area (Å²) in [6, 6.07) is 20.7. The van der Waals surface area contributed by atoms with Gasteiger partial charge < -0.3 is 14.8 Å². The number of halogens is 1. The van der Waals surface area contributed by atoms with Gasteiger partial charge in [0, 0.05) is 6.54 Å². The molecule has 1 N–H and O–H groups in total. The van der Waals surface area contributed by atoms with Crippen molar-refractivity contribution >= 4 is 33.2 Å². The van der Waals surface area contributed by atoms with Crippen LogP contribution < -0.4 is 19.1 Å².